The lowest BCUT2D eigenvalue weighted by molar-refractivity contribution is -0.114. The third kappa shape index (κ3) is 2.67. The summed E-state index contributed by atoms with van der Waals surface area (Å²) >= 11 is 6.22. The molecule has 3 N–H and O–H groups in total. The molecule has 7 heteroatoms. The van der Waals surface area contributed by atoms with E-state index in [1.807, 2.05) is 6.07 Å². The Balaban J connectivity index is 2.21. The molecular weight excluding hydrogens is 306 g/mol. The average molecular weight is 318 g/mol. The third-order valence-electron chi connectivity index (χ3n) is 3.27. The highest BCUT2D eigenvalue weighted by Crippen LogP contribution is 2.29. The second kappa shape index (κ2) is 5.76. The van der Waals surface area contributed by atoms with E-state index in [1.165, 1.54) is 12.1 Å². The number of nitrogens with zero attached hydrogens (tertiary/aromatic N) is 2. The van der Waals surface area contributed by atoms with Crippen molar-refractivity contribution in [1.82, 2.24) is 0 Å². The van der Waals surface area contributed by atoms with Crippen molar-refractivity contribution in [3.8, 4) is 0 Å². The maximum absolute atomic E-state index is 11.8. The van der Waals surface area contributed by atoms with E-state index in [9.17, 15) is 15.2 Å². The predicted octanol–water partition coefficient (Wildman–Crippen LogP) is 2.71. The van der Waals surface area contributed by atoms with Gasteiger partial charge in [-0.15, -0.1) is 5.23 Å². The fourth-order valence-corrected chi connectivity index (χ4v) is 2.50. The zero-order chi connectivity index (χ0) is 15.7. The van der Waals surface area contributed by atoms with Gasteiger partial charge in [0.05, 0.1) is 17.1 Å². The molecule has 0 bridgehead atoms. The van der Waals surface area contributed by atoms with Crippen LogP contribution in [0.5, 0.6) is 0 Å². The molecule has 0 unspecified atom stereocenters. The molecule has 0 fully saturated rings. The van der Waals surface area contributed by atoms with Gasteiger partial charge in [0.2, 0.25) is 5.91 Å². The summed E-state index contributed by atoms with van der Waals surface area (Å²) in [6.07, 6.45) is 0. The number of anilines is 2. The molecule has 1 amide bonds. The Morgan fingerprint density at radius 3 is 2.64 bits per heavy atom. The molecule has 0 aliphatic carbocycles. The van der Waals surface area contributed by atoms with E-state index in [0.717, 1.165) is 0 Å². The average Bonchev–Trinajstić information content (AvgIpc) is 2.65. The molecule has 0 spiro atoms. The molecule has 2 aromatic rings. The highest BCUT2D eigenvalue weighted by atomic mass is 35.5. The van der Waals surface area contributed by atoms with Gasteiger partial charge in [-0.3, -0.25) is 20.2 Å². The van der Waals surface area contributed by atoms with Gasteiger partial charge in [-0.25, -0.2) is 0 Å². The van der Waals surface area contributed by atoms with E-state index in [4.69, 9.17) is 11.6 Å². The van der Waals surface area contributed by atoms with E-state index in [2.05, 4.69) is 10.3 Å². The Bertz CT molecular complexity index is 774. The summed E-state index contributed by atoms with van der Waals surface area (Å²) in [5.74, 6) is -0.249. The van der Waals surface area contributed by atoms with Gasteiger partial charge in [0.15, 0.2) is 0 Å². The second-order valence-corrected chi connectivity index (χ2v) is 5.12. The highest BCUT2D eigenvalue weighted by molar-refractivity contribution is 6.36. The van der Waals surface area contributed by atoms with Crippen LogP contribution in [0.4, 0.5) is 11.4 Å². The summed E-state index contributed by atoms with van der Waals surface area (Å²) in [6.45, 7) is -0.0352. The zero-order valence-corrected chi connectivity index (χ0v) is 12.1. The lowest BCUT2D eigenvalue weighted by atomic mass is 10.00. The van der Waals surface area contributed by atoms with Gasteiger partial charge in [0.25, 0.3) is 0 Å². The maximum Gasteiger partial charge on any atom is 0.246 e. The summed E-state index contributed by atoms with van der Waals surface area (Å²) in [6, 6.07) is 11.7. The van der Waals surface area contributed by atoms with Crippen LogP contribution < -0.4 is 10.5 Å². The van der Waals surface area contributed by atoms with E-state index >= 15 is 0 Å². The minimum absolute atomic E-state index is 0.0111. The second-order valence-electron chi connectivity index (χ2n) is 4.71. The van der Waals surface area contributed by atoms with Crippen LogP contribution in [0.3, 0.4) is 0 Å². The topological polar surface area (TPSA) is 85.2 Å². The summed E-state index contributed by atoms with van der Waals surface area (Å²) in [4.78, 5) is 16.1. The molecular formula is C15H12ClN3O3. The largest absolute Gasteiger partial charge is 0.324 e. The molecule has 0 aromatic heterocycles. The minimum atomic E-state index is -0.249. The van der Waals surface area contributed by atoms with E-state index in [1.54, 1.807) is 24.3 Å². The Labute approximate surface area is 131 Å². The zero-order valence-electron chi connectivity index (χ0n) is 11.3. The molecule has 0 radical (unpaired) electrons. The van der Waals surface area contributed by atoms with Gasteiger partial charge in [0.1, 0.15) is 6.54 Å². The Morgan fingerprint density at radius 1 is 1.14 bits per heavy atom. The number of nitrogens with one attached hydrogen (secondary N) is 1. The SMILES string of the molecule is O=C1CN=C(c2ccccc2Cl)c2cc(N(O)O)ccc2N1. The monoisotopic (exact) mass is 317 g/mol. The molecule has 0 atom stereocenters. The number of hydrogen-bond acceptors (Lipinski definition) is 5. The van der Waals surface area contributed by atoms with Crippen LogP contribution in [-0.2, 0) is 4.79 Å². The number of hydrogen-bond donors (Lipinski definition) is 3. The molecule has 0 saturated carbocycles. The number of aliphatic imine (C=N–C) groups is 1. The normalized spacial score (nSPS) is 13.8. The molecule has 1 heterocycles. The summed E-state index contributed by atoms with van der Waals surface area (Å²) < 4.78 is 0. The minimum Gasteiger partial charge on any atom is -0.324 e. The number of rotatable bonds is 2. The number of carbonyl (C=O) groups excluding carboxylic acids is 1. The van der Waals surface area contributed by atoms with E-state index in [0.29, 0.717) is 27.5 Å². The standard InChI is InChI=1S/C15H12ClN3O3/c16-12-4-2-1-3-10(12)15-11-7-9(19(21)22)5-6-13(11)18-14(20)8-17-15/h1-7,21-22H,8H2,(H,18,20). The fraction of sp³-hybridized carbons (Fsp3) is 0.0667. The fourth-order valence-electron chi connectivity index (χ4n) is 2.27. The molecule has 112 valence electrons. The summed E-state index contributed by atoms with van der Waals surface area (Å²) in [7, 11) is 0. The van der Waals surface area contributed by atoms with Gasteiger partial charge in [-0.1, -0.05) is 29.8 Å². The lowest BCUT2D eigenvalue weighted by Gasteiger charge is -2.14. The van der Waals surface area contributed by atoms with Gasteiger partial charge >= 0.3 is 0 Å². The van der Waals surface area contributed by atoms with Crippen molar-refractivity contribution in [3.05, 3.63) is 58.6 Å². The van der Waals surface area contributed by atoms with Crippen molar-refractivity contribution in [2.75, 3.05) is 17.1 Å². The predicted molar refractivity (Wildman–Crippen MR) is 83.1 cm³/mol. The summed E-state index contributed by atoms with van der Waals surface area (Å²) in [5.41, 5.74) is 2.43. The number of carbonyl (C=O) groups is 1. The van der Waals surface area contributed by atoms with Gasteiger partial charge in [-0.2, -0.15) is 0 Å². The van der Waals surface area contributed by atoms with Crippen molar-refractivity contribution in [3.63, 3.8) is 0 Å². The van der Waals surface area contributed by atoms with Crippen LogP contribution in [-0.4, -0.2) is 28.6 Å². The van der Waals surface area contributed by atoms with E-state index < -0.39 is 0 Å². The Hall–Kier alpha value is -2.41. The van der Waals surface area contributed by atoms with Gasteiger partial charge in [0, 0.05) is 16.1 Å². The van der Waals surface area contributed by atoms with Crippen LogP contribution in [0.25, 0.3) is 0 Å². The lowest BCUT2D eigenvalue weighted by Crippen LogP contribution is -2.15. The smallest absolute Gasteiger partial charge is 0.246 e. The number of fused-ring (bicyclic) bond motifs is 1. The maximum atomic E-state index is 11.8. The van der Waals surface area contributed by atoms with Crippen molar-refractivity contribution >= 4 is 34.6 Å². The van der Waals surface area contributed by atoms with Crippen LogP contribution in [0.1, 0.15) is 11.1 Å². The third-order valence-corrected chi connectivity index (χ3v) is 3.60. The molecule has 2 aromatic carbocycles. The van der Waals surface area contributed by atoms with Crippen LogP contribution in [0.15, 0.2) is 47.5 Å². The molecule has 3 rings (SSSR count). The number of benzene rings is 2. The van der Waals surface area contributed by atoms with Crippen LogP contribution >= 0.6 is 11.6 Å². The quantitative estimate of drug-likeness (QED) is 0.743. The number of benzodiazepines with no additional fused rings is 1. The highest BCUT2D eigenvalue weighted by Gasteiger charge is 2.20. The van der Waals surface area contributed by atoms with E-state index in [-0.39, 0.29) is 23.4 Å². The van der Waals surface area contributed by atoms with Crippen molar-refractivity contribution in [2.24, 2.45) is 4.99 Å². The molecule has 1 aliphatic heterocycles. The summed E-state index contributed by atoms with van der Waals surface area (Å²) in [5, 5.41) is 21.6. The number of halogens is 1. The van der Waals surface area contributed by atoms with Crippen LogP contribution in [0.2, 0.25) is 5.02 Å². The molecule has 22 heavy (non-hydrogen) atoms. The molecule has 6 nitrogen and oxygen atoms in total. The van der Waals surface area contributed by atoms with Crippen LogP contribution in [0, 0.1) is 0 Å². The Kier molecular flexibility index (Phi) is 3.81. The number of amides is 1. The first-order valence-corrected chi connectivity index (χ1v) is 6.85. The first kappa shape index (κ1) is 14.5. The van der Waals surface area contributed by atoms with Crippen molar-refractivity contribution in [2.45, 2.75) is 0 Å². The van der Waals surface area contributed by atoms with Gasteiger partial charge < -0.3 is 5.32 Å². The molecule has 0 saturated heterocycles. The first-order valence-electron chi connectivity index (χ1n) is 6.48. The van der Waals surface area contributed by atoms with Gasteiger partial charge in [-0.05, 0) is 24.3 Å². The Morgan fingerprint density at radius 2 is 1.91 bits per heavy atom. The molecule has 1 aliphatic rings. The van der Waals surface area contributed by atoms with Crippen molar-refractivity contribution in [1.29, 1.82) is 0 Å². The first-order chi connectivity index (χ1) is 10.6. The van der Waals surface area contributed by atoms with Crippen molar-refractivity contribution < 1.29 is 15.2 Å².